The molecule has 3 rings (SSSR count). The molecule has 0 aliphatic rings. The number of ether oxygens (including phenoxy) is 1. The van der Waals surface area contributed by atoms with Crippen molar-refractivity contribution in [3.8, 4) is 22.7 Å². The number of amides is 1. The van der Waals surface area contributed by atoms with Gasteiger partial charge in [0, 0.05) is 17.8 Å². The first-order chi connectivity index (χ1) is 12.6. The lowest BCUT2D eigenvalue weighted by atomic mass is 10.1. The van der Waals surface area contributed by atoms with Crippen LogP contribution in [0.5, 0.6) is 5.75 Å². The Morgan fingerprint density at radius 3 is 2.46 bits per heavy atom. The number of carbonyl (C=O) groups is 1. The van der Waals surface area contributed by atoms with E-state index < -0.39 is 0 Å². The number of aromatic nitrogens is 2. The second kappa shape index (κ2) is 7.87. The van der Waals surface area contributed by atoms with Gasteiger partial charge in [-0.15, -0.1) is 0 Å². The normalized spacial score (nSPS) is 11.8. The number of methoxy groups -OCH3 is 1. The van der Waals surface area contributed by atoms with Crippen molar-refractivity contribution in [3.05, 3.63) is 66.4 Å². The third kappa shape index (κ3) is 3.77. The summed E-state index contributed by atoms with van der Waals surface area (Å²) in [5, 5.41) is 7.70. The molecule has 1 heterocycles. The van der Waals surface area contributed by atoms with E-state index in [1.807, 2.05) is 68.4 Å². The molecular weight excluding hydrogens is 326 g/mol. The number of rotatable bonds is 6. The van der Waals surface area contributed by atoms with E-state index in [0.717, 1.165) is 23.4 Å². The minimum atomic E-state index is -0.118. The second-order valence-corrected chi connectivity index (χ2v) is 6.18. The Morgan fingerprint density at radius 1 is 1.15 bits per heavy atom. The number of para-hydroxylation sites is 1. The van der Waals surface area contributed by atoms with E-state index in [4.69, 9.17) is 4.74 Å². The van der Waals surface area contributed by atoms with Gasteiger partial charge in [-0.25, -0.2) is 4.68 Å². The van der Waals surface area contributed by atoms with Gasteiger partial charge in [0.05, 0.1) is 18.4 Å². The molecule has 0 fully saturated rings. The van der Waals surface area contributed by atoms with E-state index in [1.165, 1.54) is 0 Å². The predicted molar refractivity (Wildman–Crippen MR) is 103 cm³/mol. The van der Waals surface area contributed by atoms with Crippen LogP contribution in [-0.4, -0.2) is 28.8 Å². The Labute approximate surface area is 153 Å². The highest BCUT2D eigenvalue weighted by Gasteiger charge is 2.19. The Balaban J connectivity index is 2.04. The fourth-order valence-corrected chi connectivity index (χ4v) is 2.62. The number of nitrogens with zero attached hydrogens (tertiary/aromatic N) is 2. The molecule has 0 unspecified atom stereocenters. The van der Waals surface area contributed by atoms with Gasteiger partial charge in [-0.3, -0.25) is 4.79 Å². The van der Waals surface area contributed by atoms with Gasteiger partial charge in [0.15, 0.2) is 0 Å². The van der Waals surface area contributed by atoms with Crippen LogP contribution in [0.2, 0.25) is 0 Å². The van der Waals surface area contributed by atoms with E-state index in [2.05, 4.69) is 10.4 Å². The lowest BCUT2D eigenvalue weighted by molar-refractivity contribution is 0.0940. The molecule has 1 aromatic heterocycles. The zero-order chi connectivity index (χ0) is 18.5. The Hall–Kier alpha value is -3.08. The van der Waals surface area contributed by atoms with Gasteiger partial charge >= 0.3 is 0 Å². The minimum Gasteiger partial charge on any atom is -0.497 e. The molecule has 5 heteroatoms. The fourth-order valence-electron chi connectivity index (χ4n) is 2.62. The lowest BCUT2D eigenvalue weighted by Gasteiger charge is -2.11. The molecule has 2 aromatic carbocycles. The van der Waals surface area contributed by atoms with Crippen molar-refractivity contribution in [2.24, 2.45) is 0 Å². The molecule has 5 nitrogen and oxygen atoms in total. The first-order valence-corrected chi connectivity index (χ1v) is 8.72. The van der Waals surface area contributed by atoms with Gasteiger partial charge in [0.25, 0.3) is 5.91 Å². The van der Waals surface area contributed by atoms with Gasteiger partial charge in [0.1, 0.15) is 11.4 Å². The van der Waals surface area contributed by atoms with Crippen molar-refractivity contribution in [1.82, 2.24) is 15.1 Å². The predicted octanol–water partition coefficient (Wildman–Crippen LogP) is 4.08. The third-order valence-electron chi connectivity index (χ3n) is 4.33. The smallest absolute Gasteiger partial charge is 0.255 e. The molecule has 3 aromatic rings. The van der Waals surface area contributed by atoms with Crippen LogP contribution >= 0.6 is 0 Å². The highest BCUT2D eigenvalue weighted by atomic mass is 16.5. The fraction of sp³-hybridized carbons (Fsp3) is 0.238. The van der Waals surface area contributed by atoms with Crippen LogP contribution in [0.3, 0.4) is 0 Å². The van der Waals surface area contributed by atoms with Crippen LogP contribution in [0.4, 0.5) is 0 Å². The van der Waals surface area contributed by atoms with E-state index >= 15 is 0 Å². The zero-order valence-electron chi connectivity index (χ0n) is 15.3. The largest absolute Gasteiger partial charge is 0.497 e. The number of hydrogen-bond acceptors (Lipinski definition) is 3. The van der Waals surface area contributed by atoms with Crippen molar-refractivity contribution in [2.45, 2.75) is 26.3 Å². The Bertz CT molecular complexity index is 870. The second-order valence-electron chi connectivity index (χ2n) is 6.18. The van der Waals surface area contributed by atoms with Gasteiger partial charge in [0.2, 0.25) is 0 Å². The van der Waals surface area contributed by atoms with Crippen LogP contribution in [0, 0.1) is 0 Å². The number of hydrogen-bond donors (Lipinski definition) is 1. The number of carbonyl (C=O) groups excluding carboxylic acids is 1. The maximum absolute atomic E-state index is 12.8. The molecule has 1 atom stereocenters. The highest BCUT2D eigenvalue weighted by Crippen LogP contribution is 2.26. The van der Waals surface area contributed by atoms with E-state index in [0.29, 0.717) is 11.3 Å². The molecule has 0 aliphatic heterocycles. The summed E-state index contributed by atoms with van der Waals surface area (Å²) in [6, 6.07) is 17.4. The summed E-state index contributed by atoms with van der Waals surface area (Å²) < 4.78 is 6.96. The maximum Gasteiger partial charge on any atom is 0.255 e. The molecule has 0 radical (unpaired) electrons. The van der Waals surface area contributed by atoms with Crippen molar-refractivity contribution in [1.29, 1.82) is 0 Å². The SMILES string of the molecule is CC[C@H](C)NC(=O)c1cn(-c2ccccc2)nc1-c1ccc(OC)cc1. The van der Waals surface area contributed by atoms with Crippen molar-refractivity contribution < 1.29 is 9.53 Å². The lowest BCUT2D eigenvalue weighted by Crippen LogP contribution is -2.32. The molecule has 1 N–H and O–H groups in total. The molecule has 0 saturated heterocycles. The monoisotopic (exact) mass is 349 g/mol. The summed E-state index contributed by atoms with van der Waals surface area (Å²) in [4.78, 5) is 12.8. The summed E-state index contributed by atoms with van der Waals surface area (Å²) in [7, 11) is 1.63. The first-order valence-electron chi connectivity index (χ1n) is 8.72. The van der Waals surface area contributed by atoms with Crippen LogP contribution in [0.25, 0.3) is 16.9 Å². The number of benzene rings is 2. The standard InChI is InChI=1S/C21H23N3O2/c1-4-15(2)22-21(25)19-14-24(17-8-6-5-7-9-17)23-20(19)16-10-12-18(26-3)13-11-16/h5-15H,4H2,1-3H3,(H,22,25)/t15-/m0/s1. The van der Waals surface area contributed by atoms with Crippen LogP contribution in [0.1, 0.15) is 30.6 Å². The Kier molecular flexibility index (Phi) is 5.37. The molecule has 0 spiro atoms. The van der Waals surface area contributed by atoms with Crippen LogP contribution in [0.15, 0.2) is 60.8 Å². The summed E-state index contributed by atoms with van der Waals surface area (Å²) in [6.07, 6.45) is 2.66. The molecular formula is C21H23N3O2. The summed E-state index contributed by atoms with van der Waals surface area (Å²) in [5.74, 6) is 0.647. The topological polar surface area (TPSA) is 56.2 Å². The molecule has 0 saturated carbocycles. The maximum atomic E-state index is 12.8. The van der Waals surface area contributed by atoms with Crippen LogP contribution in [-0.2, 0) is 0 Å². The molecule has 134 valence electrons. The molecule has 26 heavy (non-hydrogen) atoms. The van der Waals surface area contributed by atoms with E-state index in [1.54, 1.807) is 18.0 Å². The van der Waals surface area contributed by atoms with Gasteiger partial charge < -0.3 is 10.1 Å². The molecule has 0 aliphatic carbocycles. The van der Waals surface area contributed by atoms with Gasteiger partial charge in [-0.05, 0) is 49.7 Å². The van der Waals surface area contributed by atoms with Gasteiger partial charge in [-0.2, -0.15) is 5.10 Å². The summed E-state index contributed by atoms with van der Waals surface area (Å²) in [5.41, 5.74) is 2.98. The minimum absolute atomic E-state index is 0.103. The zero-order valence-corrected chi connectivity index (χ0v) is 15.3. The Morgan fingerprint density at radius 2 is 1.85 bits per heavy atom. The highest BCUT2D eigenvalue weighted by molar-refractivity contribution is 6.00. The average Bonchev–Trinajstić information content (AvgIpc) is 3.14. The average molecular weight is 349 g/mol. The first kappa shape index (κ1) is 17.7. The van der Waals surface area contributed by atoms with Crippen molar-refractivity contribution in [3.63, 3.8) is 0 Å². The third-order valence-corrected chi connectivity index (χ3v) is 4.33. The van der Waals surface area contributed by atoms with Crippen molar-refractivity contribution >= 4 is 5.91 Å². The van der Waals surface area contributed by atoms with Crippen molar-refractivity contribution in [2.75, 3.05) is 7.11 Å². The van der Waals surface area contributed by atoms with Crippen LogP contribution < -0.4 is 10.1 Å². The molecule has 1 amide bonds. The molecule has 0 bridgehead atoms. The quantitative estimate of drug-likeness (QED) is 0.730. The van der Waals surface area contributed by atoms with E-state index in [9.17, 15) is 4.79 Å². The van der Waals surface area contributed by atoms with E-state index in [-0.39, 0.29) is 11.9 Å². The summed E-state index contributed by atoms with van der Waals surface area (Å²) >= 11 is 0. The summed E-state index contributed by atoms with van der Waals surface area (Å²) in [6.45, 7) is 4.04. The van der Waals surface area contributed by atoms with Gasteiger partial charge in [-0.1, -0.05) is 25.1 Å². The number of nitrogens with one attached hydrogen (secondary N) is 1.